The minimum absolute atomic E-state index is 0.305. The van der Waals surface area contributed by atoms with E-state index in [-0.39, 0.29) is 0 Å². The summed E-state index contributed by atoms with van der Waals surface area (Å²) in [6.45, 7) is 10.6. The van der Waals surface area contributed by atoms with Crippen molar-refractivity contribution < 1.29 is 14.0 Å². The number of anilines is 1. The topological polar surface area (TPSA) is 117 Å². The molecule has 0 bridgehead atoms. The van der Waals surface area contributed by atoms with E-state index < -0.39 is 8.07 Å². The SMILES string of the molecule is C[Si](C)(C)CCOCn1c(-c2ccncc2)nc2c(N3CCOCC3)nc(-c3noc(-c4ccccc4)n3)nc21. The summed E-state index contributed by atoms with van der Waals surface area (Å²) >= 11 is 0. The lowest BCUT2D eigenvalue weighted by molar-refractivity contribution is 0.0906. The Hall–Kier alpha value is -4.00. The van der Waals surface area contributed by atoms with Crippen molar-refractivity contribution in [3.05, 3.63) is 54.9 Å². The van der Waals surface area contributed by atoms with Gasteiger partial charge in [0.25, 0.3) is 5.89 Å². The van der Waals surface area contributed by atoms with Gasteiger partial charge in [0.1, 0.15) is 12.6 Å². The van der Waals surface area contributed by atoms with Crippen LogP contribution in [0.25, 0.3) is 45.7 Å². The summed E-state index contributed by atoms with van der Waals surface area (Å²) in [7, 11) is -1.25. The van der Waals surface area contributed by atoms with Gasteiger partial charge < -0.3 is 18.9 Å². The lowest BCUT2D eigenvalue weighted by Crippen LogP contribution is -2.37. The molecule has 5 heterocycles. The van der Waals surface area contributed by atoms with E-state index in [4.69, 9.17) is 28.9 Å². The van der Waals surface area contributed by atoms with E-state index in [9.17, 15) is 0 Å². The number of hydrogen-bond acceptors (Lipinski definition) is 10. The van der Waals surface area contributed by atoms with Gasteiger partial charge in [0.15, 0.2) is 17.0 Å². The molecular weight excluding hydrogens is 524 g/mol. The Kier molecular flexibility index (Phi) is 7.37. The zero-order valence-electron chi connectivity index (χ0n) is 22.9. The summed E-state index contributed by atoms with van der Waals surface area (Å²) in [5.41, 5.74) is 3.09. The van der Waals surface area contributed by atoms with E-state index >= 15 is 0 Å². The van der Waals surface area contributed by atoms with Crippen molar-refractivity contribution in [2.24, 2.45) is 0 Å². The monoisotopic (exact) mass is 556 g/mol. The molecule has 206 valence electrons. The molecular formula is C28H32N8O3Si. The molecule has 0 unspecified atom stereocenters. The molecule has 0 atom stereocenters. The highest BCUT2D eigenvalue weighted by Crippen LogP contribution is 2.32. The van der Waals surface area contributed by atoms with E-state index in [1.165, 1.54) is 0 Å². The Morgan fingerprint density at radius 3 is 2.40 bits per heavy atom. The van der Waals surface area contributed by atoms with Gasteiger partial charge in [0.05, 0.1) is 13.2 Å². The summed E-state index contributed by atoms with van der Waals surface area (Å²) < 4.78 is 19.4. The molecule has 11 nitrogen and oxygen atoms in total. The number of imidazole rings is 1. The number of morpholine rings is 1. The van der Waals surface area contributed by atoms with Gasteiger partial charge in [-0.25, -0.2) is 15.0 Å². The Bertz CT molecular complexity index is 1580. The fourth-order valence-electron chi connectivity index (χ4n) is 4.47. The van der Waals surface area contributed by atoms with E-state index in [0.717, 1.165) is 23.0 Å². The first-order valence-corrected chi connectivity index (χ1v) is 17.2. The predicted molar refractivity (Wildman–Crippen MR) is 154 cm³/mol. The summed E-state index contributed by atoms with van der Waals surface area (Å²) in [5, 5.41) is 4.23. The Balaban J connectivity index is 1.48. The average Bonchev–Trinajstić information content (AvgIpc) is 3.61. The molecule has 0 amide bonds. The van der Waals surface area contributed by atoms with Gasteiger partial charge in [-0.05, 0) is 30.3 Å². The fraction of sp³-hybridized carbons (Fsp3) is 0.357. The third kappa shape index (κ3) is 5.64. The fourth-order valence-corrected chi connectivity index (χ4v) is 5.23. The van der Waals surface area contributed by atoms with Crippen LogP contribution in [0.15, 0.2) is 59.4 Å². The van der Waals surface area contributed by atoms with Gasteiger partial charge in [0.2, 0.25) is 11.6 Å². The van der Waals surface area contributed by atoms with Crippen LogP contribution < -0.4 is 4.90 Å². The van der Waals surface area contributed by atoms with Gasteiger partial charge >= 0.3 is 0 Å². The zero-order chi connectivity index (χ0) is 27.5. The third-order valence-corrected chi connectivity index (χ3v) is 8.39. The second kappa shape index (κ2) is 11.2. The van der Waals surface area contributed by atoms with E-state index in [1.54, 1.807) is 12.4 Å². The number of nitrogens with zero attached hydrogens (tertiary/aromatic N) is 8. The van der Waals surface area contributed by atoms with Crippen molar-refractivity contribution in [2.75, 3.05) is 37.8 Å². The number of benzene rings is 1. The Labute approximate surface area is 233 Å². The molecule has 1 aromatic carbocycles. The van der Waals surface area contributed by atoms with E-state index in [0.29, 0.717) is 74.2 Å². The lowest BCUT2D eigenvalue weighted by Gasteiger charge is -2.27. The van der Waals surface area contributed by atoms with Gasteiger partial charge in [0, 0.05) is 51.3 Å². The van der Waals surface area contributed by atoms with Crippen LogP contribution in [0, 0.1) is 0 Å². The van der Waals surface area contributed by atoms with Crippen LogP contribution in [-0.4, -0.2) is 75.6 Å². The molecule has 0 radical (unpaired) electrons. The van der Waals surface area contributed by atoms with Gasteiger partial charge in [-0.15, -0.1) is 0 Å². The maximum Gasteiger partial charge on any atom is 0.258 e. The highest BCUT2D eigenvalue weighted by molar-refractivity contribution is 6.76. The lowest BCUT2D eigenvalue weighted by atomic mass is 10.2. The standard InChI is InChI=1S/C28H32N8O3Si/c1-40(2,3)18-17-38-19-36-25(20-9-11-29-12-10-20)30-22-26(35-13-15-37-16-14-35)31-23(32-27(22)36)24-33-28(39-34-24)21-7-5-4-6-8-21/h4-12H,13-19H2,1-3H3. The molecule has 6 rings (SSSR count). The molecule has 1 saturated heterocycles. The summed E-state index contributed by atoms with van der Waals surface area (Å²) in [6, 6.07) is 14.6. The largest absolute Gasteiger partial charge is 0.378 e. The summed E-state index contributed by atoms with van der Waals surface area (Å²) in [6.07, 6.45) is 3.52. The maximum absolute atomic E-state index is 6.22. The van der Waals surface area contributed by atoms with Gasteiger partial charge in [-0.2, -0.15) is 4.98 Å². The second-order valence-electron chi connectivity index (χ2n) is 10.9. The van der Waals surface area contributed by atoms with Crippen molar-refractivity contribution in [1.82, 2.24) is 34.6 Å². The van der Waals surface area contributed by atoms with E-state index in [2.05, 4.69) is 39.7 Å². The zero-order valence-corrected chi connectivity index (χ0v) is 23.9. The quantitative estimate of drug-likeness (QED) is 0.186. The molecule has 1 aliphatic rings. The highest BCUT2D eigenvalue weighted by Gasteiger charge is 2.26. The molecule has 0 spiro atoms. The highest BCUT2D eigenvalue weighted by atomic mass is 28.3. The molecule has 1 aliphatic heterocycles. The molecule has 0 saturated carbocycles. The van der Waals surface area contributed by atoms with E-state index in [1.807, 2.05) is 47.0 Å². The molecule has 4 aromatic heterocycles. The van der Waals surface area contributed by atoms with Crippen LogP contribution in [0.2, 0.25) is 25.7 Å². The molecule has 5 aromatic rings. The summed E-state index contributed by atoms with van der Waals surface area (Å²) in [5.74, 6) is 2.54. The Morgan fingerprint density at radius 1 is 0.875 bits per heavy atom. The Morgan fingerprint density at radius 2 is 1.65 bits per heavy atom. The van der Waals surface area contributed by atoms with Gasteiger partial charge in [-0.3, -0.25) is 9.55 Å². The van der Waals surface area contributed by atoms with Crippen molar-refractivity contribution >= 4 is 25.1 Å². The molecule has 1 fully saturated rings. The number of fused-ring (bicyclic) bond motifs is 1. The number of hydrogen-bond donors (Lipinski definition) is 0. The van der Waals surface area contributed by atoms with Crippen LogP contribution in [-0.2, 0) is 16.2 Å². The van der Waals surface area contributed by atoms with Crippen LogP contribution >= 0.6 is 0 Å². The first-order valence-electron chi connectivity index (χ1n) is 13.4. The van der Waals surface area contributed by atoms with Crippen LogP contribution in [0.4, 0.5) is 5.82 Å². The smallest absolute Gasteiger partial charge is 0.258 e. The maximum atomic E-state index is 6.22. The molecule has 40 heavy (non-hydrogen) atoms. The van der Waals surface area contributed by atoms with Crippen LogP contribution in [0.5, 0.6) is 0 Å². The third-order valence-electron chi connectivity index (χ3n) is 6.69. The van der Waals surface area contributed by atoms with Gasteiger partial charge in [-0.1, -0.05) is 43.0 Å². The minimum atomic E-state index is -1.25. The van der Waals surface area contributed by atoms with Crippen molar-refractivity contribution in [2.45, 2.75) is 32.4 Å². The predicted octanol–water partition coefficient (Wildman–Crippen LogP) is 4.75. The van der Waals surface area contributed by atoms with Crippen molar-refractivity contribution in [1.29, 1.82) is 0 Å². The second-order valence-corrected chi connectivity index (χ2v) is 16.5. The molecule has 12 heteroatoms. The number of pyridine rings is 1. The number of rotatable bonds is 9. The average molecular weight is 557 g/mol. The van der Waals surface area contributed by atoms with Crippen molar-refractivity contribution in [3.8, 4) is 34.5 Å². The summed E-state index contributed by atoms with van der Waals surface area (Å²) in [4.78, 5) is 25.9. The minimum Gasteiger partial charge on any atom is -0.378 e. The first-order chi connectivity index (χ1) is 19.5. The molecule has 0 N–H and O–H groups in total. The van der Waals surface area contributed by atoms with Crippen LogP contribution in [0.1, 0.15) is 0 Å². The molecule has 0 aliphatic carbocycles. The first kappa shape index (κ1) is 26.2. The number of aromatic nitrogens is 7. The number of ether oxygens (including phenoxy) is 2. The normalized spacial score (nSPS) is 14.2. The van der Waals surface area contributed by atoms with Crippen molar-refractivity contribution in [3.63, 3.8) is 0 Å². The van der Waals surface area contributed by atoms with Crippen LogP contribution in [0.3, 0.4) is 0 Å².